The third-order valence-electron chi connectivity index (χ3n) is 6.83. The minimum absolute atomic E-state index is 0.00622. The summed E-state index contributed by atoms with van der Waals surface area (Å²) < 4.78 is 19.7. The topological polar surface area (TPSA) is 87.7 Å². The molecule has 8 heteroatoms. The third-order valence-corrected chi connectivity index (χ3v) is 6.83. The Labute approximate surface area is 168 Å². The third kappa shape index (κ3) is 2.45. The molecule has 29 heavy (non-hydrogen) atoms. The Kier molecular flexibility index (Phi) is 4.08. The first-order valence-corrected chi connectivity index (χ1v) is 10.2. The van der Waals surface area contributed by atoms with E-state index in [2.05, 4.69) is 10.6 Å². The molecular weight excluding hydrogens is 377 g/mol. The first kappa shape index (κ1) is 18.7. The molecule has 0 aromatic heterocycles. The molecule has 1 aromatic carbocycles. The molecule has 0 radical (unpaired) electrons. The number of nitrogens with one attached hydrogen (secondary N) is 2. The lowest BCUT2D eigenvalue weighted by Crippen LogP contribution is -2.54. The standard InChI is InChI=1S/C21H24FN3O4/c1-10(2)17-15-16(19(27)25(18(15)26)9-12-4-3-7-29-12)21(24-17)13-8-11(22)5-6-14(13)23-20(21)28/h5-6,8,10,12,15-17,24H,3-4,7,9H2,1-2H3,(H,23,28). The van der Waals surface area contributed by atoms with E-state index in [1.54, 1.807) is 0 Å². The van der Waals surface area contributed by atoms with Crippen molar-refractivity contribution in [3.8, 4) is 0 Å². The average Bonchev–Trinajstić information content (AvgIpc) is 3.41. The molecule has 3 saturated heterocycles. The van der Waals surface area contributed by atoms with Crippen LogP contribution >= 0.6 is 0 Å². The predicted molar refractivity (Wildman–Crippen MR) is 101 cm³/mol. The summed E-state index contributed by atoms with van der Waals surface area (Å²) in [7, 11) is 0. The molecule has 7 nitrogen and oxygen atoms in total. The first-order chi connectivity index (χ1) is 13.8. The highest BCUT2D eigenvalue weighted by molar-refractivity contribution is 6.15. The quantitative estimate of drug-likeness (QED) is 0.748. The smallest absolute Gasteiger partial charge is 0.250 e. The molecule has 154 valence electrons. The molecule has 0 aliphatic carbocycles. The van der Waals surface area contributed by atoms with Gasteiger partial charge in [-0.25, -0.2) is 4.39 Å². The van der Waals surface area contributed by atoms with E-state index >= 15 is 0 Å². The number of imide groups is 1. The average molecular weight is 401 g/mol. The van der Waals surface area contributed by atoms with Crippen LogP contribution in [0.15, 0.2) is 18.2 Å². The molecular formula is C21H24FN3O4. The minimum atomic E-state index is -1.44. The van der Waals surface area contributed by atoms with Crippen LogP contribution in [-0.4, -0.2) is 47.9 Å². The molecule has 4 aliphatic rings. The Balaban J connectivity index is 1.61. The van der Waals surface area contributed by atoms with E-state index < -0.39 is 29.1 Å². The molecule has 4 aliphatic heterocycles. The van der Waals surface area contributed by atoms with Gasteiger partial charge in [0.1, 0.15) is 11.4 Å². The number of rotatable bonds is 3. The Bertz CT molecular complexity index is 913. The number of halogens is 1. The summed E-state index contributed by atoms with van der Waals surface area (Å²) in [5.41, 5.74) is -0.555. The van der Waals surface area contributed by atoms with Gasteiger partial charge in [0.2, 0.25) is 17.7 Å². The second kappa shape index (κ2) is 6.34. The number of fused-ring (bicyclic) bond motifs is 4. The van der Waals surface area contributed by atoms with Gasteiger partial charge in [-0.2, -0.15) is 0 Å². The van der Waals surface area contributed by atoms with Crippen molar-refractivity contribution in [3.05, 3.63) is 29.6 Å². The van der Waals surface area contributed by atoms with E-state index in [0.717, 1.165) is 12.8 Å². The lowest BCUT2D eigenvalue weighted by Gasteiger charge is -2.30. The number of carbonyl (C=O) groups is 3. The van der Waals surface area contributed by atoms with Crippen molar-refractivity contribution >= 4 is 23.4 Å². The van der Waals surface area contributed by atoms with Crippen LogP contribution < -0.4 is 10.6 Å². The second-order valence-electron chi connectivity index (χ2n) is 8.79. The number of hydrogen-bond donors (Lipinski definition) is 2. The van der Waals surface area contributed by atoms with E-state index in [4.69, 9.17) is 4.74 Å². The van der Waals surface area contributed by atoms with Crippen LogP contribution in [0.3, 0.4) is 0 Å². The highest BCUT2D eigenvalue weighted by atomic mass is 19.1. The van der Waals surface area contributed by atoms with Crippen LogP contribution in [0, 0.1) is 23.6 Å². The number of likely N-dealkylation sites (tertiary alicyclic amines) is 1. The summed E-state index contributed by atoms with van der Waals surface area (Å²) in [4.78, 5) is 41.3. The van der Waals surface area contributed by atoms with Gasteiger partial charge in [0.05, 0.1) is 24.5 Å². The van der Waals surface area contributed by atoms with Gasteiger partial charge in [-0.3, -0.25) is 24.6 Å². The maximum atomic E-state index is 14.1. The Morgan fingerprint density at radius 3 is 2.76 bits per heavy atom. The fraction of sp³-hybridized carbons (Fsp3) is 0.571. The van der Waals surface area contributed by atoms with Gasteiger partial charge < -0.3 is 10.1 Å². The predicted octanol–water partition coefficient (Wildman–Crippen LogP) is 1.38. The van der Waals surface area contributed by atoms with Gasteiger partial charge in [-0.1, -0.05) is 13.8 Å². The van der Waals surface area contributed by atoms with Crippen LogP contribution in [0.1, 0.15) is 32.3 Å². The summed E-state index contributed by atoms with van der Waals surface area (Å²) in [5, 5.41) is 6.08. The lowest BCUT2D eigenvalue weighted by molar-refractivity contribution is -0.144. The van der Waals surface area contributed by atoms with Crippen molar-refractivity contribution in [1.82, 2.24) is 10.2 Å². The molecule has 5 atom stereocenters. The number of benzene rings is 1. The van der Waals surface area contributed by atoms with Crippen molar-refractivity contribution in [1.29, 1.82) is 0 Å². The zero-order valence-corrected chi connectivity index (χ0v) is 16.4. The monoisotopic (exact) mass is 401 g/mol. The second-order valence-corrected chi connectivity index (χ2v) is 8.79. The van der Waals surface area contributed by atoms with Gasteiger partial charge in [0.15, 0.2) is 0 Å². The fourth-order valence-electron chi connectivity index (χ4n) is 5.51. The minimum Gasteiger partial charge on any atom is -0.376 e. The molecule has 1 spiro atoms. The van der Waals surface area contributed by atoms with Crippen LogP contribution in [0.2, 0.25) is 0 Å². The normalized spacial score (nSPS) is 35.7. The van der Waals surface area contributed by atoms with E-state index in [-0.39, 0.29) is 36.4 Å². The summed E-state index contributed by atoms with van der Waals surface area (Å²) in [6.07, 6.45) is 1.55. The summed E-state index contributed by atoms with van der Waals surface area (Å²) in [6.45, 7) is 4.74. The SMILES string of the molecule is CC(C)C1NC2(C(=O)Nc3ccc(F)cc32)C2C(=O)N(CC3CCCO3)C(=O)C12. The number of anilines is 1. The van der Waals surface area contributed by atoms with Crippen molar-refractivity contribution < 1.29 is 23.5 Å². The zero-order chi connectivity index (χ0) is 20.5. The summed E-state index contributed by atoms with van der Waals surface area (Å²) in [6, 6.07) is 3.70. The van der Waals surface area contributed by atoms with Gasteiger partial charge >= 0.3 is 0 Å². The van der Waals surface area contributed by atoms with Crippen molar-refractivity contribution in [2.24, 2.45) is 17.8 Å². The molecule has 3 fully saturated rings. The van der Waals surface area contributed by atoms with Crippen molar-refractivity contribution in [2.75, 3.05) is 18.5 Å². The van der Waals surface area contributed by atoms with E-state index in [1.165, 1.54) is 23.1 Å². The van der Waals surface area contributed by atoms with Crippen LogP contribution in [-0.2, 0) is 24.7 Å². The summed E-state index contributed by atoms with van der Waals surface area (Å²) >= 11 is 0. The largest absolute Gasteiger partial charge is 0.376 e. The van der Waals surface area contributed by atoms with Crippen LogP contribution in [0.25, 0.3) is 0 Å². The first-order valence-electron chi connectivity index (χ1n) is 10.2. The molecule has 5 rings (SSSR count). The van der Waals surface area contributed by atoms with Gasteiger partial charge in [-0.05, 0) is 37.0 Å². The Hall–Kier alpha value is -2.32. The Morgan fingerprint density at radius 1 is 1.28 bits per heavy atom. The van der Waals surface area contributed by atoms with Gasteiger partial charge in [0.25, 0.3) is 0 Å². The van der Waals surface area contributed by atoms with Crippen LogP contribution in [0.5, 0.6) is 0 Å². The maximum absolute atomic E-state index is 14.1. The molecule has 4 heterocycles. The van der Waals surface area contributed by atoms with Gasteiger partial charge in [-0.15, -0.1) is 0 Å². The number of hydrogen-bond acceptors (Lipinski definition) is 5. The van der Waals surface area contributed by atoms with Crippen LogP contribution in [0.4, 0.5) is 10.1 Å². The number of carbonyl (C=O) groups excluding carboxylic acids is 3. The molecule has 2 N–H and O–H groups in total. The highest BCUT2D eigenvalue weighted by Gasteiger charge is 2.70. The maximum Gasteiger partial charge on any atom is 0.250 e. The van der Waals surface area contributed by atoms with Crippen molar-refractivity contribution in [2.45, 2.75) is 44.4 Å². The molecule has 3 amide bonds. The molecule has 1 aromatic rings. The van der Waals surface area contributed by atoms with Gasteiger partial charge in [0, 0.05) is 23.9 Å². The lowest BCUT2D eigenvalue weighted by atomic mass is 9.76. The van der Waals surface area contributed by atoms with E-state index in [1.807, 2.05) is 13.8 Å². The number of nitrogens with zero attached hydrogens (tertiary/aromatic N) is 1. The fourth-order valence-corrected chi connectivity index (χ4v) is 5.51. The van der Waals surface area contributed by atoms with Crippen molar-refractivity contribution in [3.63, 3.8) is 0 Å². The Morgan fingerprint density at radius 2 is 2.07 bits per heavy atom. The molecule has 5 unspecified atom stereocenters. The zero-order valence-electron chi connectivity index (χ0n) is 16.4. The highest BCUT2D eigenvalue weighted by Crippen LogP contribution is 2.54. The van der Waals surface area contributed by atoms with E-state index in [9.17, 15) is 18.8 Å². The molecule has 0 bridgehead atoms. The summed E-state index contributed by atoms with van der Waals surface area (Å²) in [5.74, 6) is -3.09. The molecule has 0 saturated carbocycles. The number of amides is 3. The van der Waals surface area contributed by atoms with E-state index in [0.29, 0.717) is 17.9 Å². The number of ether oxygens (including phenoxy) is 1.